The number of nitrogens with one attached hydrogen (secondary N) is 2. The molecule has 2 aromatic rings. The molecule has 0 saturated carbocycles. The number of aliphatic imine (C=N–C) groups is 1. The van der Waals surface area contributed by atoms with E-state index in [-0.39, 0.29) is 11.2 Å². The fourth-order valence-electron chi connectivity index (χ4n) is 3.62. The van der Waals surface area contributed by atoms with Crippen LogP contribution >= 0.6 is 11.3 Å². The Morgan fingerprint density at radius 1 is 1.28 bits per heavy atom. The predicted molar refractivity (Wildman–Crippen MR) is 117 cm³/mol. The zero-order valence-corrected chi connectivity index (χ0v) is 18.4. The second-order valence-electron chi connectivity index (χ2n) is 7.52. The topological polar surface area (TPSA) is 58.5 Å². The molecule has 3 rings (SSSR count). The molecular formula is C22H31FN4OS. The van der Waals surface area contributed by atoms with Gasteiger partial charge in [0.25, 0.3) is 0 Å². The molecule has 1 aromatic carbocycles. The minimum atomic E-state index is -0.198. The van der Waals surface area contributed by atoms with E-state index in [9.17, 15) is 4.39 Å². The fraction of sp³-hybridized carbons (Fsp3) is 0.545. The van der Waals surface area contributed by atoms with Crippen molar-refractivity contribution in [1.29, 1.82) is 0 Å². The van der Waals surface area contributed by atoms with E-state index in [0.717, 1.165) is 54.6 Å². The summed E-state index contributed by atoms with van der Waals surface area (Å²) in [5, 5.41) is 7.88. The summed E-state index contributed by atoms with van der Waals surface area (Å²) < 4.78 is 19.4. The number of nitrogens with zero attached hydrogens (tertiary/aromatic N) is 2. The SMILES string of the molecule is CCNC(=NCC1(c2cccc(F)c2)CCOCC1)NCCc1nc(C)c(C)s1. The van der Waals surface area contributed by atoms with Crippen LogP contribution in [0.15, 0.2) is 29.3 Å². The van der Waals surface area contributed by atoms with Crippen LogP contribution in [0.25, 0.3) is 0 Å². The van der Waals surface area contributed by atoms with Crippen molar-refractivity contribution in [1.82, 2.24) is 15.6 Å². The molecule has 1 aromatic heterocycles. The van der Waals surface area contributed by atoms with E-state index in [4.69, 9.17) is 9.73 Å². The lowest BCUT2D eigenvalue weighted by Crippen LogP contribution is -2.41. The van der Waals surface area contributed by atoms with Crippen molar-refractivity contribution in [3.8, 4) is 0 Å². The molecule has 0 spiro atoms. The lowest BCUT2D eigenvalue weighted by Gasteiger charge is -2.36. The van der Waals surface area contributed by atoms with Gasteiger partial charge in [-0.1, -0.05) is 12.1 Å². The Bertz CT molecular complexity index is 810. The lowest BCUT2D eigenvalue weighted by atomic mass is 9.74. The van der Waals surface area contributed by atoms with Crippen LogP contribution in [0.4, 0.5) is 4.39 Å². The third-order valence-electron chi connectivity index (χ3n) is 5.48. The van der Waals surface area contributed by atoms with Crippen molar-refractivity contribution >= 4 is 17.3 Å². The van der Waals surface area contributed by atoms with Crippen molar-refractivity contribution in [3.05, 3.63) is 51.2 Å². The number of ether oxygens (including phenoxy) is 1. The van der Waals surface area contributed by atoms with E-state index >= 15 is 0 Å². The van der Waals surface area contributed by atoms with Crippen molar-refractivity contribution in [2.24, 2.45) is 4.99 Å². The molecule has 2 N–H and O–H groups in total. The lowest BCUT2D eigenvalue weighted by molar-refractivity contribution is 0.0530. The number of aromatic nitrogens is 1. The Morgan fingerprint density at radius 3 is 2.72 bits per heavy atom. The third kappa shape index (κ3) is 5.76. The van der Waals surface area contributed by atoms with Crippen molar-refractivity contribution in [3.63, 3.8) is 0 Å². The molecule has 0 atom stereocenters. The smallest absolute Gasteiger partial charge is 0.191 e. The van der Waals surface area contributed by atoms with Gasteiger partial charge in [0.2, 0.25) is 0 Å². The Labute approximate surface area is 176 Å². The standard InChI is InChI=1S/C22H31FN4OS/c1-4-24-21(25-11-8-20-27-16(2)17(3)29-20)26-15-22(9-12-28-13-10-22)18-6-5-7-19(23)14-18/h5-7,14H,4,8-13,15H2,1-3H3,(H2,24,25,26). The minimum Gasteiger partial charge on any atom is -0.381 e. The number of guanidine groups is 1. The molecule has 29 heavy (non-hydrogen) atoms. The maximum absolute atomic E-state index is 13.9. The number of hydrogen-bond donors (Lipinski definition) is 2. The van der Waals surface area contributed by atoms with Crippen LogP contribution in [-0.4, -0.2) is 43.8 Å². The molecule has 1 saturated heterocycles. The molecule has 0 bridgehead atoms. The maximum Gasteiger partial charge on any atom is 0.191 e. The highest BCUT2D eigenvalue weighted by Crippen LogP contribution is 2.35. The van der Waals surface area contributed by atoms with E-state index < -0.39 is 0 Å². The fourth-order valence-corrected chi connectivity index (χ4v) is 4.56. The van der Waals surface area contributed by atoms with Gasteiger partial charge in [-0.15, -0.1) is 11.3 Å². The molecule has 1 aliphatic heterocycles. The van der Waals surface area contributed by atoms with E-state index in [0.29, 0.717) is 19.8 Å². The molecule has 1 fully saturated rings. The van der Waals surface area contributed by atoms with Crippen LogP contribution in [0.5, 0.6) is 0 Å². The average Bonchev–Trinajstić information content (AvgIpc) is 3.04. The normalized spacial score (nSPS) is 16.6. The summed E-state index contributed by atoms with van der Waals surface area (Å²) in [5.74, 6) is 0.594. The van der Waals surface area contributed by atoms with Crippen LogP contribution in [0.1, 0.15) is 40.9 Å². The average molecular weight is 419 g/mol. The number of aryl methyl sites for hydroxylation is 2. The Balaban J connectivity index is 1.68. The molecule has 0 aliphatic carbocycles. The second kappa shape index (κ2) is 10.2. The molecule has 0 unspecified atom stereocenters. The molecule has 5 nitrogen and oxygen atoms in total. The number of thiazole rings is 1. The molecular weight excluding hydrogens is 387 g/mol. The molecule has 0 radical (unpaired) electrons. The first-order chi connectivity index (χ1) is 14.0. The molecule has 158 valence electrons. The van der Waals surface area contributed by atoms with Gasteiger partial charge in [-0.25, -0.2) is 9.37 Å². The maximum atomic E-state index is 13.9. The second-order valence-corrected chi connectivity index (χ2v) is 8.81. The summed E-state index contributed by atoms with van der Waals surface area (Å²) in [6.45, 7) is 9.73. The Kier molecular flexibility index (Phi) is 7.61. The first-order valence-corrected chi connectivity index (χ1v) is 11.1. The summed E-state index contributed by atoms with van der Waals surface area (Å²) in [6, 6.07) is 6.94. The van der Waals surface area contributed by atoms with E-state index in [1.54, 1.807) is 23.5 Å². The van der Waals surface area contributed by atoms with Gasteiger partial charge in [0.1, 0.15) is 5.82 Å². The van der Waals surface area contributed by atoms with Crippen molar-refractivity contribution in [2.45, 2.75) is 45.4 Å². The van der Waals surface area contributed by atoms with Gasteiger partial charge in [0, 0.05) is 43.0 Å². The van der Waals surface area contributed by atoms with Gasteiger partial charge in [0.15, 0.2) is 5.96 Å². The van der Waals surface area contributed by atoms with Crippen LogP contribution in [0.3, 0.4) is 0 Å². The summed E-state index contributed by atoms with van der Waals surface area (Å²) >= 11 is 1.75. The first-order valence-electron chi connectivity index (χ1n) is 10.3. The number of halogens is 1. The minimum absolute atomic E-state index is 0.188. The van der Waals surface area contributed by atoms with Crippen molar-refractivity contribution < 1.29 is 9.13 Å². The first kappa shape index (κ1) is 21.7. The summed E-state index contributed by atoms with van der Waals surface area (Å²) in [5.41, 5.74) is 1.93. The molecule has 2 heterocycles. The number of benzene rings is 1. The number of rotatable bonds is 7. The highest BCUT2D eigenvalue weighted by Gasteiger charge is 2.34. The summed E-state index contributed by atoms with van der Waals surface area (Å²) in [4.78, 5) is 10.7. The van der Waals surface area contributed by atoms with Gasteiger partial charge < -0.3 is 15.4 Å². The van der Waals surface area contributed by atoms with Gasteiger partial charge in [-0.05, 0) is 51.3 Å². The van der Waals surface area contributed by atoms with Crippen molar-refractivity contribution in [2.75, 3.05) is 32.8 Å². The Hall–Kier alpha value is -1.99. The van der Waals surface area contributed by atoms with Crippen LogP contribution < -0.4 is 10.6 Å². The van der Waals surface area contributed by atoms with E-state index in [1.807, 2.05) is 13.0 Å². The Morgan fingerprint density at radius 2 is 2.07 bits per heavy atom. The van der Waals surface area contributed by atoms with Gasteiger partial charge >= 0.3 is 0 Å². The molecule has 7 heteroatoms. The van der Waals surface area contributed by atoms with Gasteiger partial charge in [0.05, 0.1) is 17.2 Å². The molecule has 0 amide bonds. The predicted octanol–water partition coefficient (Wildman–Crippen LogP) is 3.75. The zero-order valence-electron chi connectivity index (χ0n) is 17.6. The van der Waals surface area contributed by atoms with Crippen LogP contribution in [0.2, 0.25) is 0 Å². The third-order valence-corrected chi connectivity index (χ3v) is 6.61. The highest BCUT2D eigenvalue weighted by molar-refractivity contribution is 7.11. The zero-order chi connectivity index (χ0) is 20.7. The van der Waals surface area contributed by atoms with Crippen LogP contribution in [-0.2, 0) is 16.6 Å². The highest BCUT2D eigenvalue weighted by atomic mass is 32.1. The summed E-state index contributed by atoms with van der Waals surface area (Å²) in [7, 11) is 0. The van der Waals surface area contributed by atoms with E-state index in [1.165, 1.54) is 10.9 Å². The van der Waals surface area contributed by atoms with E-state index in [2.05, 4.69) is 29.5 Å². The summed E-state index contributed by atoms with van der Waals surface area (Å²) in [6.07, 6.45) is 2.56. The van der Waals surface area contributed by atoms with Gasteiger partial charge in [-0.3, -0.25) is 4.99 Å². The monoisotopic (exact) mass is 418 g/mol. The van der Waals surface area contributed by atoms with Crippen LogP contribution in [0, 0.1) is 19.7 Å². The van der Waals surface area contributed by atoms with Gasteiger partial charge in [-0.2, -0.15) is 0 Å². The quantitative estimate of drug-likeness (QED) is 0.531. The largest absolute Gasteiger partial charge is 0.381 e. The number of hydrogen-bond acceptors (Lipinski definition) is 4. The molecule has 1 aliphatic rings.